The second-order valence-corrected chi connectivity index (χ2v) is 2.77. The summed E-state index contributed by atoms with van der Waals surface area (Å²) in [6, 6.07) is 0. The first-order chi connectivity index (χ1) is 3.30. The van der Waals surface area contributed by atoms with Gasteiger partial charge in [-0.1, -0.05) is 0 Å². The first-order valence-electron chi connectivity index (χ1n) is 2.24. The molecule has 0 bridgehead atoms. The minimum atomic E-state index is -1.01. The zero-order chi connectivity index (χ0) is 5.28. The van der Waals surface area contributed by atoms with E-state index in [0.717, 1.165) is 5.75 Å². The van der Waals surface area contributed by atoms with Gasteiger partial charge < -0.3 is 5.11 Å². The summed E-state index contributed by atoms with van der Waals surface area (Å²) >= 11 is 1.19. The van der Waals surface area contributed by atoms with Crippen LogP contribution in [0.15, 0.2) is 0 Å². The molecule has 1 N–H and O–H groups in total. The van der Waals surface area contributed by atoms with Crippen molar-refractivity contribution >= 4 is 11.8 Å². The third kappa shape index (κ3) is 1.07. The van der Waals surface area contributed by atoms with Crippen molar-refractivity contribution in [3.63, 3.8) is 0 Å². The average Bonchev–Trinajstić information content (AvgIpc) is 1.91. The normalized spacial score (nSPS) is 42.0. The molecule has 1 fully saturated rings. The van der Waals surface area contributed by atoms with E-state index in [1.807, 2.05) is 0 Å². The topological polar surface area (TPSA) is 20.2 Å². The molecule has 0 spiro atoms. The summed E-state index contributed by atoms with van der Waals surface area (Å²) in [5.74, 6) is 0.766. The van der Waals surface area contributed by atoms with Crippen molar-refractivity contribution in [2.75, 3.05) is 5.75 Å². The third-order valence-corrected chi connectivity index (χ3v) is 2.10. The molecular weight excluding hydrogens is 115 g/mol. The minimum Gasteiger partial charge on any atom is -0.389 e. The monoisotopic (exact) mass is 122 g/mol. The number of halogens is 1. The molecule has 1 aliphatic rings. The molecule has 0 aliphatic carbocycles. The van der Waals surface area contributed by atoms with Crippen LogP contribution >= 0.6 is 11.8 Å². The molecule has 0 saturated carbocycles. The Balaban J connectivity index is 2.33. The Bertz CT molecular complexity index is 60.7. The lowest BCUT2D eigenvalue weighted by molar-refractivity contribution is 0.129. The maximum absolute atomic E-state index is 12.0. The third-order valence-electron chi connectivity index (χ3n) is 0.993. The predicted octanol–water partition coefficient (Wildman–Crippen LogP) is 0.780. The van der Waals surface area contributed by atoms with E-state index in [1.165, 1.54) is 11.8 Å². The van der Waals surface area contributed by atoms with Crippen LogP contribution in [0, 0.1) is 0 Å². The van der Waals surface area contributed by atoms with Gasteiger partial charge in [-0.2, -0.15) is 0 Å². The van der Waals surface area contributed by atoms with Gasteiger partial charge in [-0.3, -0.25) is 0 Å². The Kier molecular flexibility index (Phi) is 1.54. The van der Waals surface area contributed by atoms with Crippen molar-refractivity contribution < 1.29 is 9.50 Å². The molecule has 0 radical (unpaired) electrons. The molecule has 0 aromatic heterocycles. The number of hydrogen-bond acceptors (Lipinski definition) is 2. The van der Waals surface area contributed by atoms with E-state index in [4.69, 9.17) is 5.11 Å². The van der Waals surface area contributed by atoms with Crippen molar-refractivity contribution in [1.29, 1.82) is 0 Å². The van der Waals surface area contributed by atoms with Gasteiger partial charge >= 0.3 is 0 Å². The van der Waals surface area contributed by atoms with Crippen LogP contribution in [0.4, 0.5) is 4.39 Å². The highest BCUT2D eigenvalue weighted by molar-refractivity contribution is 8.00. The van der Waals surface area contributed by atoms with Crippen LogP contribution in [0.5, 0.6) is 0 Å². The first kappa shape index (κ1) is 5.38. The highest BCUT2D eigenvalue weighted by Gasteiger charge is 2.24. The largest absolute Gasteiger partial charge is 0.389 e. The van der Waals surface area contributed by atoms with Crippen molar-refractivity contribution in [2.24, 2.45) is 0 Å². The van der Waals surface area contributed by atoms with E-state index in [9.17, 15) is 4.39 Å². The Labute approximate surface area is 45.9 Å². The zero-order valence-electron chi connectivity index (χ0n) is 3.80. The summed E-state index contributed by atoms with van der Waals surface area (Å²) in [7, 11) is 0. The van der Waals surface area contributed by atoms with Gasteiger partial charge in [0.2, 0.25) is 0 Å². The van der Waals surface area contributed by atoms with Gasteiger partial charge in [0, 0.05) is 0 Å². The number of rotatable bonds is 0. The molecule has 1 heterocycles. The van der Waals surface area contributed by atoms with Gasteiger partial charge in [0.25, 0.3) is 0 Å². The first-order valence-corrected chi connectivity index (χ1v) is 3.29. The van der Waals surface area contributed by atoms with Crippen molar-refractivity contribution in [1.82, 2.24) is 0 Å². The molecule has 1 aliphatic heterocycles. The van der Waals surface area contributed by atoms with Crippen LogP contribution in [0.1, 0.15) is 6.42 Å². The average molecular weight is 122 g/mol. The molecule has 0 aromatic rings. The molecule has 0 amide bonds. The second-order valence-electron chi connectivity index (χ2n) is 1.58. The molecule has 42 valence electrons. The Hall–Kier alpha value is 0.240. The molecule has 3 heteroatoms. The Morgan fingerprint density at radius 2 is 2.43 bits per heavy atom. The van der Waals surface area contributed by atoms with Crippen LogP contribution in [0.3, 0.4) is 0 Å². The fourth-order valence-corrected chi connectivity index (χ4v) is 1.50. The lowest BCUT2D eigenvalue weighted by atomic mass is 10.3. The Morgan fingerprint density at radius 3 is 2.57 bits per heavy atom. The summed E-state index contributed by atoms with van der Waals surface area (Å²) in [6.45, 7) is 0. The van der Waals surface area contributed by atoms with Crippen molar-refractivity contribution in [3.8, 4) is 0 Å². The van der Waals surface area contributed by atoms with Gasteiger partial charge in [0.1, 0.15) is 0 Å². The lowest BCUT2D eigenvalue weighted by Crippen LogP contribution is -2.10. The smallest absolute Gasteiger partial charge is 0.171 e. The van der Waals surface area contributed by atoms with Crippen molar-refractivity contribution in [3.05, 3.63) is 0 Å². The SMILES string of the molecule is OC1CCSC1F. The summed E-state index contributed by atoms with van der Waals surface area (Å²) in [5.41, 5.74) is -1.01. The zero-order valence-corrected chi connectivity index (χ0v) is 4.62. The Morgan fingerprint density at radius 1 is 1.71 bits per heavy atom. The molecular formula is C4H7FOS. The molecule has 7 heavy (non-hydrogen) atoms. The fraction of sp³-hybridized carbons (Fsp3) is 1.00. The summed E-state index contributed by atoms with van der Waals surface area (Å²) < 4.78 is 12.0. The van der Waals surface area contributed by atoms with E-state index in [-0.39, 0.29) is 0 Å². The van der Waals surface area contributed by atoms with Crippen LogP contribution < -0.4 is 0 Å². The molecule has 0 aromatic carbocycles. The number of alkyl halides is 1. The molecule has 2 atom stereocenters. The quantitative estimate of drug-likeness (QED) is 0.512. The summed E-state index contributed by atoms with van der Waals surface area (Å²) in [6.07, 6.45) is -0.0729. The van der Waals surface area contributed by atoms with Gasteiger partial charge in [-0.05, 0) is 12.2 Å². The second kappa shape index (κ2) is 2.01. The van der Waals surface area contributed by atoms with Gasteiger partial charge in [-0.15, -0.1) is 11.8 Å². The van der Waals surface area contributed by atoms with E-state index in [1.54, 1.807) is 0 Å². The summed E-state index contributed by atoms with van der Waals surface area (Å²) in [4.78, 5) is 0. The van der Waals surface area contributed by atoms with Gasteiger partial charge in [0.15, 0.2) is 5.50 Å². The number of hydrogen-bond donors (Lipinski definition) is 1. The number of thioether (sulfide) groups is 1. The predicted molar refractivity (Wildman–Crippen MR) is 28.0 cm³/mol. The van der Waals surface area contributed by atoms with Crippen molar-refractivity contribution in [2.45, 2.75) is 18.0 Å². The fourth-order valence-electron chi connectivity index (χ4n) is 0.543. The highest BCUT2D eigenvalue weighted by atomic mass is 32.2. The standard InChI is InChI=1S/C4H7FOS/c5-4-3(6)1-2-7-4/h3-4,6H,1-2H2. The van der Waals surface area contributed by atoms with Crippen LogP contribution in [0.2, 0.25) is 0 Å². The molecule has 1 saturated heterocycles. The van der Waals surface area contributed by atoms with Crippen LogP contribution in [-0.4, -0.2) is 22.5 Å². The van der Waals surface area contributed by atoms with E-state index < -0.39 is 11.6 Å². The van der Waals surface area contributed by atoms with E-state index in [2.05, 4.69) is 0 Å². The number of aliphatic hydroxyl groups excluding tert-OH is 1. The van der Waals surface area contributed by atoms with Crippen LogP contribution in [-0.2, 0) is 0 Å². The molecule has 2 unspecified atom stereocenters. The highest BCUT2D eigenvalue weighted by Crippen LogP contribution is 2.26. The van der Waals surface area contributed by atoms with E-state index >= 15 is 0 Å². The number of aliphatic hydroxyl groups is 1. The lowest BCUT2D eigenvalue weighted by Gasteiger charge is -1.99. The molecule has 1 nitrogen and oxygen atoms in total. The minimum absolute atomic E-state index is 0.617. The maximum atomic E-state index is 12.0. The van der Waals surface area contributed by atoms with Gasteiger partial charge in [-0.25, -0.2) is 4.39 Å². The maximum Gasteiger partial charge on any atom is 0.171 e. The molecule has 1 rings (SSSR count). The van der Waals surface area contributed by atoms with Gasteiger partial charge in [0.05, 0.1) is 6.10 Å². The van der Waals surface area contributed by atoms with Crippen LogP contribution in [0.25, 0.3) is 0 Å². The van der Waals surface area contributed by atoms with E-state index in [0.29, 0.717) is 6.42 Å². The summed E-state index contributed by atoms with van der Waals surface area (Å²) in [5, 5.41) is 8.60.